The van der Waals surface area contributed by atoms with Crippen molar-refractivity contribution in [1.82, 2.24) is 25.1 Å². The second-order valence-electron chi connectivity index (χ2n) is 9.22. The molecule has 0 bridgehead atoms. The van der Waals surface area contributed by atoms with Gasteiger partial charge < -0.3 is 29.6 Å². The van der Waals surface area contributed by atoms with E-state index in [0.717, 1.165) is 31.2 Å². The number of carbonyl (C=O) groups excluding carboxylic acids is 3. The largest absolute Gasteiger partial charge is 0.493 e. The molecule has 3 amide bonds. The van der Waals surface area contributed by atoms with Gasteiger partial charge in [-0.05, 0) is 44.4 Å². The molecule has 188 valence electrons. The quantitative estimate of drug-likeness (QED) is 0.595. The molecule has 1 aliphatic heterocycles. The van der Waals surface area contributed by atoms with Crippen molar-refractivity contribution in [2.75, 3.05) is 20.8 Å². The number of hydrogen-bond acceptors (Lipinski definition) is 6. The van der Waals surface area contributed by atoms with Gasteiger partial charge in [0.2, 0.25) is 5.91 Å². The Morgan fingerprint density at radius 1 is 1.17 bits per heavy atom. The lowest BCUT2D eigenvalue weighted by Crippen LogP contribution is -2.64. The molecule has 1 aromatic heterocycles. The van der Waals surface area contributed by atoms with Crippen LogP contribution in [0.3, 0.4) is 0 Å². The van der Waals surface area contributed by atoms with E-state index in [2.05, 4.69) is 15.6 Å². The number of ether oxygens (including phenoxy) is 2. The summed E-state index contributed by atoms with van der Waals surface area (Å²) >= 11 is 0. The monoisotopic (exact) mass is 483 g/mol. The summed E-state index contributed by atoms with van der Waals surface area (Å²) in [5.41, 5.74) is -0.00748. The molecule has 0 spiro atoms. The van der Waals surface area contributed by atoms with Gasteiger partial charge in [0.15, 0.2) is 17.2 Å². The number of aromatic nitrogens is 2. The number of fused-ring (bicyclic) bond motifs is 1. The molecule has 0 saturated heterocycles. The summed E-state index contributed by atoms with van der Waals surface area (Å²) in [5.74, 6) is 0.144. The molecule has 2 heterocycles. The lowest BCUT2D eigenvalue weighted by molar-refractivity contribution is -0.133. The molecular weight excluding hydrogens is 450 g/mol. The normalized spacial score (nSPS) is 19.9. The Bertz CT molecular complexity index is 1120. The maximum absolute atomic E-state index is 13.5. The Labute approximate surface area is 205 Å². The zero-order valence-electron chi connectivity index (χ0n) is 20.7. The van der Waals surface area contributed by atoms with Crippen molar-refractivity contribution in [3.8, 4) is 11.5 Å². The predicted molar refractivity (Wildman–Crippen MR) is 128 cm³/mol. The zero-order valence-corrected chi connectivity index (χ0v) is 20.7. The van der Waals surface area contributed by atoms with Crippen LogP contribution in [0.2, 0.25) is 0 Å². The van der Waals surface area contributed by atoms with Crippen LogP contribution in [0.1, 0.15) is 66.1 Å². The van der Waals surface area contributed by atoms with E-state index in [-0.39, 0.29) is 42.3 Å². The Hall–Kier alpha value is -3.56. The van der Waals surface area contributed by atoms with Gasteiger partial charge in [-0.1, -0.05) is 18.9 Å². The number of nitrogens with zero attached hydrogens (tertiary/aromatic N) is 3. The SMILES string of the molecule is CCN1C(=O)c2c(C(=O)NCc3ccc(OC)c(OC)c3)ncn2CC1(C)C(=O)NC1CCCC1. The summed E-state index contributed by atoms with van der Waals surface area (Å²) < 4.78 is 12.2. The number of likely N-dealkylation sites (N-methyl/N-ethyl adjacent to an activating group) is 1. The summed E-state index contributed by atoms with van der Waals surface area (Å²) in [7, 11) is 3.10. The summed E-state index contributed by atoms with van der Waals surface area (Å²) in [4.78, 5) is 45.5. The molecule has 4 rings (SSSR count). The van der Waals surface area contributed by atoms with Crippen LogP contribution in [-0.4, -0.2) is 64.5 Å². The molecule has 1 aliphatic carbocycles. The van der Waals surface area contributed by atoms with Gasteiger partial charge >= 0.3 is 0 Å². The molecule has 2 aliphatic rings. The average Bonchev–Trinajstić information content (AvgIpc) is 3.52. The van der Waals surface area contributed by atoms with Crippen LogP contribution >= 0.6 is 0 Å². The standard InChI is InChI=1S/C25H33N5O5/c1-5-30-23(32)21-20(22(31)26-13-16-10-11-18(34-3)19(12-16)35-4)27-15-29(21)14-25(30,2)24(33)28-17-8-6-7-9-17/h10-12,15,17H,5-9,13-14H2,1-4H3,(H,26,31)(H,28,33). The minimum Gasteiger partial charge on any atom is -0.493 e. The molecule has 1 saturated carbocycles. The second-order valence-corrected chi connectivity index (χ2v) is 9.22. The molecule has 1 atom stereocenters. The molecule has 35 heavy (non-hydrogen) atoms. The van der Waals surface area contributed by atoms with Crippen LogP contribution in [-0.2, 0) is 17.9 Å². The third kappa shape index (κ3) is 4.56. The van der Waals surface area contributed by atoms with E-state index in [1.165, 1.54) is 6.33 Å². The van der Waals surface area contributed by atoms with Gasteiger partial charge in [0.25, 0.3) is 11.8 Å². The summed E-state index contributed by atoms with van der Waals surface area (Å²) in [6, 6.07) is 5.51. The van der Waals surface area contributed by atoms with Crippen molar-refractivity contribution in [3.05, 3.63) is 41.5 Å². The second kappa shape index (κ2) is 9.97. The van der Waals surface area contributed by atoms with Gasteiger partial charge in [-0.25, -0.2) is 4.98 Å². The van der Waals surface area contributed by atoms with Gasteiger partial charge in [-0.2, -0.15) is 0 Å². The maximum Gasteiger partial charge on any atom is 0.273 e. The van der Waals surface area contributed by atoms with Crippen molar-refractivity contribution in [2.45, 2.75) is 64.2 Å². The van der Waals surface area contributed by atoms with Crippen LogP contribution < -0.4 is 20.1 Å². The average molecular weight is 484 g/mol. The Morgan fingerprint density at radius 3 is 2.54 bits per heavy atom. The number of hydrogen-bond donors (Lipinski definition) is 2. The topological polar surface area (TPSA) is 115 Å². The van der Waals surface area contributed by atoms with E-state index in [0.29, 0.717) is 18.0 Å². The van der Waals surface area contributed by atoms with Gasteiger partial charge in [-0.15, -0.1) is 0 Å². The number of benzene rings is 1. The van der Waals surface area contributed by atoms with Crippen LogP contribution in [0.25, 0.3) is 0 Å². The van der Waals surface area contributed by atoms with E-state index in [1.807, 2.05) is 13.0 Å². The number of rotatable bonds is 8. The number of amides is 3. The van der Waals surface area contributed by atoms with E-state index in [1.54, 1.807) is 42.7 Å². The van der Waals surface area contributed by atoms with Gasteiger partial charge in [0.1, 0.15) is 11.2 Å². The van der Waals surface area contributed by atoms with Gasteiger partial charge in [0.05, 0.1) is 27.1 Å². The van der Waals surface area contributed by atoms with E-state index >= 15 is 0 Å². The zero-order chi connectivity index (χ0) is 25.2. The van der Waals surface area contributed by atoms with Crippen molar-refractivity contribution in [1.29, 1.82) is 0 Å². The third-order valence-electron chi connectivity index (χ3n) is 6.97. The van der Waals surface area contributed by atoms with Crippen LogP contribution in [0, 0.1) is 0 Å². The molecule has 10 nitrogen and oxygen atoms in total. The first-order chi connectivity index (χ1) is 16.8. The minimum absolute atomic E-state index is 0.0483. The van der Waals surface area contributed by atoms with Crippen molar-refractivity contribution < 1.29 is 23.9 Å². The van der Waals surface area contributed by atoms with Crippen molar-refractivity contribution in [2.24, 2.45) is 0 Å². The van der Waals surface area contributed by atoms with Gasteiger partial charge in [-0.3, -0.25) is 14.4 Å². The van der Waals surface area contributed by atoms with Crippen LogP contribution in [0.4, 0.5) is 0 Å². The molecule has 1 fully saturated rings. The fraction of sp³-hybridized carbons (Fsp3) is 0.520. The summed E-state index contributed by atoms with van der Waals surface area (Å²) in [6.07, 6.45) is 5.59. The number of carbonyl (C=O) groups is 3. The highest BCUT2D eigenvalue weighted by molar-refractivity contribution is 6.07. The Balaban J connectivity index is 1.52. The number of methoxy groups -OCH3 is 2. The summed E-state index contributed by atoms with van der Waals surface area (Å²) in [6.45, 7) is 4.40. The van der Waals surface area contributed by atoms with E-state index in [4.69, 9.17) is 9.47 Å². The Morgan fingerprint density at radius 2 is 1.89 bits per heavy atom. The van der Waals surface area contributed by atoms with E-state index in [9.17, 15) is 14.4 Å². The highest BCUT2D eigenvalue weighted by Crippen LogP contribution is 2.30. The fourth-order valence-electron chi connectivity index (χ4n) is 5.02. The third-order valence-corrected chi connectivity index (χ3v) is 6.97. The molecule has 10 heteroatoms. The molecule has 1 unspecified atom stereocenters. The molecule has 2 N–H and O–H groups in total. The predicted octanol–water partition coefficient (Wildman–Crippen LogP) is 2.12. The smallest absolute Gasteiger partial charge is 0.273 e. The number of nitrogens with one attached hydrogen (secondary N) is 2. The van der Waals surface area contributed by atoms with Crippen molar-refractivity contribution >= 4 is 17.7 Å². The molecular formula is C25H33N5O5. The lowest BCUT2D eigenvalue weighted by atomic mass is 9.94. The van der Waals surface area contributed by atoms with E-state index < -0.39 is 11.4 Å². The van der Waals surface area contributed by atoms with Crippen molar-refractivity contribution in [3.63, 3.8) is 0 Å². The first-order valence-electron chi connectivity index (χ1n) is 12.0. The first kappa shape index (κ1) is 24.6. The maximum atomic E-state index is 13.5. The molecule has 2 aromatic rings. The fourth-order valence-corrected chi connectivity index (χ4v) is 5.02. The van der Waals surface area contributed by atoms with Crippen LogP contribution in [0.15, 0.2) is 24.5 Å². The lowest BCUT2D eigenvalue weighted by Gasteiger charge is -2.43. The van der Waals surface area contributed by atoms with Gasteiger partial charge in [0, 0.05) is 19.1 Å². The van der Waals surface area contributed by atoms with Crippen LogP contribution in [0.5, 0.6) is 11.5 Å². The number of imidazole rings is 1. The summed E-state index contributed by atoms with van der Waals surface area (Å²) in [5, 5.41) is 5.95. The Kier molecular flexibility index (Phi) is 7.00. The molecule has 0 radical (unpaired) electrons. The molecule has 1 aromatic carbocycles. The first-order valence-corrected chi connectivity index (χ1v) is 12.0. The highest BCUT2D eigenvalue weighted by Gasteiger charge is 2.48. The highest BCUT2D eigenvalue weighted by atomic mass is 16.5. The minimum atomic E-state index is -1.06.